The molecule has 1 rings (SSSR count). The third kappa shape index (κ3) is 2.67. The van der Waals surface area contributed by atoms with Crippen LogP contribution in [0.4, 0.5) is 18.9 Å². The summed E-state index contributed by atoms with van der Waals surface area (Å²) in [5.74, 6) is 4.96. The van der Waals surface area contributed by atoms with Gasteiger partial charge in [-0.1, -0.05) is 17.7 Å². The Kier molecular flexibility index (Phi) is 4.51. The Balaban J connectivity index is 0.00000169. The van der Waals surface area contributed by atoms with Crippen LogP contribution in [0.1, 0.15) is 5.56 Å². The maximum absolute atomic E-state index is 12.2. The minimum atomic E-state index is -4.45. The van der Waals surface area contributed by atoms with E-state index in [9.17, 15) is 13.2 Å². The van der Waals surface area contributed by atoms with Gasteiger partial charge in [0.1, 0.15) is 0 Å². The minimum Gasteiger partial charge on any atom is -0.323 e. The van der Waals surface area contributed by atoms with E-state index in [1.165, 1.54) is 12.1 Å². The van der Waals surface area contributed by atoms with E-state index < -0.39 is 16.8 Å². The second-order valence-corrected chi connectivity index (χ2v) is 2.69. The number of hydrazine groups is 1. The summed E-state index contributed by atoms with van der Waals surface area (Å²) in [5.41, 5.74) is 1.23. The van der Waals surface area contributed by atoms with Gasteiger partial charge in [-0.25, -0.2) is 0 Å². The number of nitrogen functional groups attached to an aromatic ring is 1. The molecule has 3 N–H and O–H groups in total. The Morgan fingerprint density at radius 3 is 2.29 bits per heavy atom. The molecule has 1 aromatic rings. The molecular formula is C7H7Cl2F3N2. The number of nitrogens with two attached hydrogens (primary N) is 1. The summed E-state index contributed by atoms with van der Waals surface area (Å²) in [6.45, 7) is 0. The van der Waals surface area contributed by atoms with Crippen molar-refractivity contribution in [1.29, 1.82) is 0 Å². The van der Waals surface area contributed by atoms with Crippen LogP contribution < -0.4 is 11.3 Å². The van der Waals surface area contributed by atoms with Crippen LogP contribution in [0.25, 0.3) is 0 Å². The summed E-state index contributed by atoms with van der Waals surface area (Å²) in [7, 11) is 0. The molecule has 0 amide bonds. The summed E-state index contributed by atoms with van der Waals surface area (Å²) in [5, 5.41) is -0.419. The average molecular weight is 247 g/mol. The molecule has 0 saturated carbocycles. The molecule has 0 radical (unpaired) electrons. The Hall–Kier alpha value is -0.650. The monoisotopic (exact) mass is 246 g/mol. The first kappa shape index (κ1) is 13.4. The van der Waals surface area contributed by atoms with Gasteiger partial charge in [0.25, 0.3) is 0 Å². The molecule has 0 aliphatic heterocycles. The largest absolute Gasteiger partial charge is 0.417 e. The van der Waals surface area contributed by atoms with Crippen molar-refractivity contribution >= 4 is 29.7 Å². The predicted octanol–water partition coefficient (Wildman–Crippen LogP) is 3.07. The highest BCUT2D eigenvalue weighted by Crippen LogP contribution is 2.37. The molecule has 0 heterocycles. The normalized spacial score (nSPS) is 10.6. The van der Waals surface area contributed by atoms with Gasteiger partial charge in [0.15, 0.2) is 0 Å². The van der Waals surface area contributed by atoms with Gasteiger partial charge in [-0.05, 0) is 12.1 Å². The fourth-order valence-corrected chi connectivity index (χ4v) is 1.15. The van der Waals surface area contributed by atoms with E-state index in [1.54, 1.807) is 0 Å². The van der Waals surface area contributed by atoms with Gasteiger partial charge in [0.05, 0.1) is 16.3 Å². The lowest BCUT2D eigenvalue weighted by atomic mass is 10.2. The topological polar surface area (TPSA) is 38.0 Å². The quantitative estimate of drug-likeness (QED) is 0.591. The third-order valence-electron chi connectivity index (χ3n) is 1.46. The van der Waals surface area contributed by atoms with Crippen molar-refractivity contribution in [1.82, 2.24) is 0 Å². The molecule has 2 nitrogen and oxygen atoms in total. The van der Waals surface area contributed by atoms with E-state index in [0.717, 1.165) is 6.07 Å². The van der Waals surface area contributed by atoms with Gasteiger partial charge in [0.2, 0.25) is 0 Å². The second-order valence-electron chi connectivity index (χ2n) is 2.31. The van der Waals surface area contributed by atoms with Crippen molar-refractivity contribution in [3.05, 3.63) is 28.8 Å². The molecule has 80 valence electrons. The Morgan fingerprint density at radius 2 is 1.86 bits per heavy atom. The zero-order chi connectivity index (χ0) is 10.1. The minimum absolute atomic E-state index is 0. The van der Waals surface area contributed by atoms with Crippen LogP contribution in [0, 0.1) is 0 Å². The molecule has 0 atom stereocenters. The van der Waals surface area contributed by atoms with Crippen LogP contribution in [0.3, 0.4) is 0 Å². The number of rotatable bonds is 1. The van der Waals surface area contributed by atoms with Crippen LogP contribution >= 0.6 is 24.0 Å². The maximum Gasteiger partial charge on any atom is 0.417 e. The average Bonchev–Trinajstić information content (AvgIpc) is 2.02. The highest BCUT2D eigenvalue weighted by molar-refractivity contribution is 6.34. The highest BCUT2D eigenvalue weighted by Gasteiger charge is 2.33. The molecule has 1 aromatic carbocycles. The van der Waals surface area contributed by atoms with Gasteiger partial charge >= 0.3 is 6.18 Å². The molecule has 0 aliphatic rings. The molecule has 14 heavy (non-hydrogen) atoms. The van der Waals surface area contributed by atoms with E-state index in [4.69, 9.17) is 17.4 Å². The van der Waals surface area contributed by atoms with Crippen LogP contribution in [0.2, 0.25) is 5.02 Å². The van der Waals surface area contributed by atoms with E-state index in [0.29, 0.717) is 0 Å². The molecule has 0 saturated heterocycles. The summed E-state index contributed by atoms with van der Waals surface area (Å²) in [4.78, 5) is 0. The first-order valence-electron chi connectivity index (χ1n) is 3.29. The van der Waals surface area contributed by atoms with E-state index >= 15 is 0 Å². The predicted molar refractivity (Wildman–Crippen MR) is 51.5 cm³/mol. The van der Waals surface area contributed by atoms with Crippen molar-refractivity contribution < 1.29 is 13.2 Å². The molecular weight excluding hydrogens is 240 g/mol. The summed E-state index contributed by atoms with van der Waals surface area (Å²) in [6.07, 6.45) is -4.45. The van der Waals surface area contributed by atoms with E-state index in [1.807, 2.05) is 0 Å². The number of hydrogen-bond donors (Lipinski definition) is 2. The zero-order valence-corrected chi connectivity index (χ0v) is 8.30. The highest BCUT2D eigenvalue weighted by atomic mass is 35.5. The first-order chi connectivity index (χ1) is 5.96. The number of hydrogen-bond acceptors (Lipinski definition) is 2. The molecule has 0 bridgehead atoms. The lowest BCUT2D eigenvalue weighted by Gasteiger charge is -2.11. The number of benzene rings is 1. The van der Waals surface area contributed by atoms with Crippen molar-refractivity contribution in [3.8, 4) is 0 Å². The number of halogens is 5. The Bertz CT molecular complexity index is 314. The van der Waals surface area contributed by atoms with Crippen LogP contribution in [0.15, 0.2) is 18.2 Å². The Morgan fingerprint density at radius 1 is 1.29 bits per heavy atom. The molecule has 0 unspecified atom stereocenters. The summed E-state index contributed by atoms with van der Waals surface area (Å²) < 4.78 is 36.6. The fraction of sp³-hybridized carbons (Fsp3) is 0.143. The third-order valence-corrected chi connectivity index (χ3v) is 1.87. The summed E-state index contributed by atoms with van der Waals surface area (Å²) in [6, 6.07) is 3.48. The fourth-order valence-electron chi connectivity index (χ4n) is 0.862. The molecule has 7 heteroatoms. The van der Waals surface area contributed by atoms with E-state index in [-0.39, 0.29) is 18.1 Å². The SMILES string of the molecule is Cl.NNc1cccc(C(F)(F)F)c1Cl. The summed E-state index contributed by atoms with van der Waals surface area (Å²) >= 11 is 5.43. The number of anilines is 1. The van der Waals surface area contributed by atoms with Crippen LogP contribution in [-0.2, 0) is 6.18 Å². The van der Waals surface area contributed by atoms with Crippen LogP contribution in [-0.4, -0.2) is 0 Å². The molecule has 0 aliphatic carbocycles. The second kappa shape index (κ2) is 4.72. The molecule has 0 fully saturated rings. The first-order valence-corrected chi connectivity index (χ1v) is 3.67. The zero-order valence-electron chi connectivity index (χ0n) is 6.73. The van der Waals surface area contributed by atoms with Gasteiger partial charge in [-0.3, -0.25) is 5.84 Å². The van der Waals surface area contributed by atoms with Crippen molar-refractivity contribution in [2.45, 2.75) is 6.18 Å². The van der Waals surface area contributed by atoms with E-state index in [2.05, 4.69) is 5.43 Å². The van der Waals surface area contributed by atoms with Crippen molar-refractivity contribution in [2.75, 3.05) is 5.43 Å². The van der Waals surface area contributed by atoms with Crippen LogP contribution in [0.5, 0.6) is 0 Å². The van der Waals surface area contributed by atoms with Gasteiger partial charge in [0, 0.05) is 0 Å². The smallest absolute Gasteiger partial charge is 0.323 e. The number of nitrogens with one attached hydrogen (secondary N) is 1. The van der Waals surface area contributed by atoms with Gasteiger partial charge in [-0.15, -0.1) is 12.4 Å². The lowest BCUT2D eigenvalue weighted by Crippen LogP contribution is -2.11. The van der Waals surface area contributed by atoms with Gasteiger partial charge < -0.3 is 5.43 Å². The molecule has 0 spiro atoms. The Labute approximate surface area is 89.6 Å². The number of alkyl halides is 3. The standard InChI is InChI=1S/C7H6ClF3N2.ClH/c8-6-4(7(9,10)11)2-1-3-5(6)13-12;/h1-3,13H,12H2;1H. The van der Waals surface area contributed by atoms with Gasteiger partial charge in [-0.2, -0.15) is 13.2 Å². The molecule has 0 aromatic heterocycles. The van der Waals surface area contributed by atoms with Crippen molar-refractivity contribution in [3.63, 3.8) is 0 Å². The van der Waals surface area contributed by atoms with Crippen molar-refractivity contribution in [2.24, 2.45) is 5.84 Å². The maximum atomic E-state index is 12.2. The lowest BCUT2D eigenvalue weighted by molar-refractivity contribution is -0.137.